The predicted octanol–water partition coefficient (Wildman–Crippen LogP) is 3.45. The number of hydrogen-bond acceptors (Lipinski definition) is 6. The molecule has 0 aliphatic heterocycles. The molecule has 0 aliphatic rings. The molecule has 1 aromatic carbocycles. The van der Waals surface area contributed by atoms with Crippen LogP contribution in [0.2, 0.25) is 5.02 Å². The molecule has 0 radical (unpaired) electrons. The molecular weight excluding hydrogens is 388 g/mol. The molecule has 9 heteroatoms. The normalized spacial score (nSPS) is 10.6. The Morgan fingerprint density at radius 1 is 1.26 bits per heavy atom. The summed E-state index contributed by atoms with van der Waals surface area (Å²) in [6, 6.07) is 7.21. The van der Waals surface area contributed by atoms with Gasteiger partial charge in [0.05, 0.1) is 17.3 Å². The second kappa shape index (κ2) is 8.79. The number of hydrogen-bond donors (Lipinski definition) is 2. The number of nitrogens with one attached hydrogen (secondary N) is 2. The zero-order valence-electron chi connectivity index (χ0n) is 14.5. The molecule has 0 aliphatic carbocycles. The fourth-order valence-electron chi connectivity index (χ4n) is 2.27. The van der Waals surface area contributed by atoms with E-state index in [1.54, 1.807) is 23.5 Å². The maximum atomic E-state index is 11.9. The lowest BCUT2D eigenvalue weighted by Gasteiger charge is -2.08. The highest BCUT2D eigenvalue weighted by atomic mass is 35.5. The average molecular weight is 405 g/mol. The number of aromatic nitrogens is 2. The summed E-state index contributed by atoms with van der Waals surface area (Å²) in [6.07, 6.45) is 0.443. The van der Waals surface area contributed by atoms with Crippen molar-refractivity contribution in [3.8, 4) is 11.4 Å². The van der Waals surface area contributed by atoms with Crippen LogP contribution in [0.1, 0.15) is 17.9 Å². The van der Waals surface area contributed by atoms with Gasteiger partial charge < -0.3 is 15.2 Å². The van der Waals surface area contributed by atoms with Crippen molar-refractivity contribution in [2.75, 3.05) is 11.9 Å². The van der Waals surface area contributed by atoms with Gasteiger partial charge in [-0.25, -0.2) is 0 Å². The molecular formula is C18H17ClN4O3S. The number of halogens is 1. The summed E-state index contributed by atoms with van der Waals surface area (Å²) in [5.74, 6) is 0.241. The van der Waals surface area contributed by atoms with Gasteiger partial charge in [0, 0.05) is 23.8 Å². The van der Waals surface area contributed by atoms with Crippen LogP contribution in [-0.2, 0) is 16.0 Å². The van der Waals surface area contributed by atoms with Crippen LogP contribution in [0, 0.1) is 6.92 Å². The van der Waals surface area contributed by atoms with Gasteiger partial charge in [-0.2, -0.15) is 16.3 Å². The number of amides is 2. The number of aryl methyl sites for hydroxylation is 2. The van der Waals surface area contributed by atoms with Crippen molar-refractivity contribution in [3.05, 3.63) is 51.5 Å². The van der Waals surface area contributed by atoms with Crippen molar-refractivity contribution >= 4 is 40.4 Å². The number of rotatable bonds is 7. The molecule has 7 nitrogen and oxygen atoms in total. The van der Waals surface area contributed by atoms with Gasteiger partial charge in [0.2, 0.25) is 23.5 Å². The highest BCUT2D eigenvalue weighted by Crippen LogP contribution is 2.22. The maximum absolute atomic E-state index is 11.9. The van der Waals surface area contributed by atoms with Crippen molar-refractivity contribution in [2.24, 2.45) is 0 Å². The van der Waals surface area contributed by atoms with Crippen LogP contribution in [0.3, 0.4) is 0 Å². The van der Waals surface area contributed by atoms with E-state index in [1.807, 2.05) is 29.8 Å². The summed E-state index contributed by atoms with van der Waals surface area (Å²) >= 11 is 7.61. The molecule has 2 aromatic heterocycles. The highest BCUT2D eigenvalue weighted by Gasteiger charge is 2.12. The Balaban J connectivity index is 1.42. The van der Waals surface area contributed by atoms with Crippen LogP contribution in [0.25, 0.3) is 11.4 Å². The molecule has 2 amide bonds. The standard InChI is InChI=1S/C18H17ClN4O3S/c1-11-2-3-14(13(19)8-11)21-16(25)9-20-15(24)4-5-17-22-18(23-26-17)12-6-7-27-10-12/h2-3,6-8,10H,4-5,9H2,1H3,(H,20,24)(H,21,25). The Labute approximate surface area is 164 Å². The second-order valence-electron chi connectivity index (χ2n) is 5.83. The quantitative estimate of drug-likeness (QED) is 0.628. The first-order chi connectivity index (χ1) is 13.0. The summed E-state index contributed by atoms with van der Waals surface area (Å²) in [5.41, 5.74) is 2.38. The first kappa shape index (κ1) is 19.1. The van der Waals surface area contributed by atoms with Gasteiger partial charge in [-0.15, -0.1) is 0 Å². The van der Waals surface area contributed by atoms with E-state index < -0.39 is 0 Å². The van der Waals surface area contributed by atoms with Crippen molar-refractivity contribution in [1.82, 2.24) is 15.5 Å². The molecule has 2 N–H and O–H groups in total. The molecule has 0 unspecified atom stereocenters. The second-order valence-corrected chi connectivity index (χ2v) is 7.02. The smallest absolute Gasteiger partial charge is 0.243 e. The SMILES string of the molecule is Cc1ccc(NC(=O)CNC(=O)CCc2nc(-c3ccsc3)no2)c(Cl)c1. The number of carbonyl (C=O) groups is 2. The van der Waals surface area contributed by atoms with E-state index in [1.165, 1.54) is 0 Å². The number of thiophene rings is 1. The number of anilines is 1. The molecule has 3 rings (SSSR count). The summed E-state index contributed by atoms with van der Waals surface area (Å²) in [5, 5.41) is 13.4. The number of nitrogens with zero attached hydrogens (tertiary/aromatic N) is 2. The zero-order chi connectivity index (χ0) is 19.2. The molecule has 3 aromatic rings. The Hall–Kier alpha value is -2.71. The topological polar surface area (TPSA) is 97.1 Å². The Morgan fingerprint density at radius 2 is 2.11 bits per heavy atom. The summed E-state index contributed by atoms with van der Waals surface area (Å²) in [7, 11) is 0. The molecule has 27 heavy (non-hydrogen) atoms. The van der Waals surface area contributed by atoms with Crippen LogP contribution in [0.5, 0.6) is 0 Å². The first-order valence-electron chi connectivity index (χ1n) is 8.19. The molecule has 0 saturated carbocycles. The van der Waals surface area contributed by atoms with Crippen LogP contribution in [-0.4, -0.2) is 28.5 Å². The van der Waals surface area contributed by atoms with E-state index in [4.69, 9.17) is 16.1 Å². The fourth-order valence-corrected chi connectivity index (χ4v) is 3.19. The van der Waals surface area contributed by atoms with Gasteiger partial charge in [-0.05, 0) is 36.1 Å². The van der Waals surface area contributed by atoms with E-state index in [2.05, 4.69) is 20.8 Å². The highest BCUT2D eigenvalue weighted by molar-refractivity contribution is 7.08. The van der Waals surface area contributed by atoms with Gasteiger partial charge >= 0.3 is 0 Å². The van der Waals surface area contributed by atoms with Crippen LogP contribution >= 0.6 is 22.9 Å². The largest absolute Gasteiger partial charge is 0.347 e. The minimum absolute atomic E-state index is 0.143. The average Bonchev–Trinajstić information content (AvgIpc) is 3.32. The zero-order valence-corrected chi connectivity index (χ0v) is 16.1. The van der Waals surface area contributed by atoms with Gasteiger partial charge in [-0.1, -0.05) is 22.8 Å². The van der Waals surface area contributed by atoms with Crippen molar-refractivity contribution in [3.63, 3.8) is 0 Å². The monoisotopic (exact) mass is 404 g/mol. The molecule has 140 valence electrons. The first-order valence-corrected chi connectivity index (χ1v) is 9.51. The van der Waals surface area contributed by atoms with Crippen molar-refractivity contribution in [2.45, 2.75) is 19.8 Å². The summed E-state index contributed by atoms with van der Waals surface area (Å²) in [4.78, 5) is 28.1. The van der Waals surface area contributed by atoms with E-state index in [0.717, 1.165) is 11.1 Å². The molecule has 0 atom stereocenters. The third kappa shape index (κ3) is 5.38. The van der Waals surface area contributed by atoms with E-state index >= 15 is 0 Å². The Morgan fingerprint density at radius 3 is 2.85 bits per heavy atom. The third-order valence-corrected chi connectivity index (χ3v) is 4.65. The predicted molar refractivity (Wildman–Crippen MR) is 104 cm³/mol. The molecule has 0 spiro atoms. The molecule has 0 bridgehead atoms. The lowest BCUT2D eigenvalue weighted by Crippen LogP contribution is -2.33. The van der Waals surface area contributed by atoms with Crippen molar-refractivity contribution < 1.29 is 14.1 Å². The minimum Gasteiger partial charge on any atom is -0.347 e. The van der Waals surface area contributed by atoms with Gasteiger partial charge in [0.15, 0.2) is 0 Å². The number of carbonyl (C=O) groups excluding carboxylic acids is 2. The Bertz CT molecular complexity index is 940. The van der Waals surface area contributed by atoms with Crippen LogP contribution in [0.15, 0.2) is 39.5 Å². The van der Waals surface area contributed by atoms with Gasteiger partial charge in [0.25, 0.3) is 0 Å². The van der Waals surface area contributed by atoms with Gasteiger partial charge in [-0.3, -0.25) is 9.59 Å². The molecule has 0 fully saturated rings. The van der Waals surface area contributed by atoms with E-state index in [0.29, 0.717) is 28.8 Å². The lowest BCUT2D eigenvalue weighted by atomic mass is 10.2. The lowest BCUT2D eigenvalue weighted by molar-refractivity contribution is -0.124. The number of benzene rings is 1. The molecule has 2 heterocycles. The molecule has 0 saturated heterocycles. The van der Waals surface area contributed by atoms with E-state index in [-0.39, 0.29) is 24.8 Å². The van der Waals surface area contributed by atoms with E-state index in [9.17, 15) is 9.59 Å². The fraction of sp³-hybridized carbons (Fsp3) is 0.222. The summed E-state index contributed by atoms with van der Waals surface area (Å²) in [6.45, 7) is 1.76. The summed E-state index contributed by atoms with van der Waals surface area (Å²) < 4.78 is 5.14. The van der Waals surface area contributed by atoms with Crippen molar-refractivity contribution in [1.29, 1.82) is 0 Å². The van der Waals surface area contributed by atoms with Crippen LogP contribution < -0.4 is 10.6 Å². The maximum Gasteiger partial charge on any atom is 0.243 e. The minimum atomic E-state index is -0.355. The third-order valence-electron chi connectivity index (χ3n) is 3.66. The Kier molecular flexibility index (Phi) is 6.20. The van der Waals surface area contributed by atoms with Gasteiger partial charge in [0.1, 0.15) is 0 Å². The van der Waals surface area contributed by atoms with Crippen LogP contribution in [0.4, 0.5) is 5.69 Å².